The average Bonchev–Trinajstić information content (AvgIpc) is 2.34. The van der Waals surface area contributed by atoms with Crippen molar-refractivity contribution >= 4 is 0 Å². The fourth-order valence-electron chi connectivity index (χ4n) is 2.51. The van der Waals surface area contributed by atoms with Gasteiger partial charge in [0.25, 0.3) is 0 Å². The summed E-state index contributed by atoms with van der Waals surface area (Å²) in [6, 6.07) is 0.243. The molecule has 1 N–H and O–H groups in total. The summed E-state index contributed by atoms with van der Waals surface area (Å²) in [4.78, 5) is 0. The molecule has 1 unspecified atom stereocenters. The first-order valence-electron chi connectivity index (χ1n) is 7.28. The van der Waals surface area contributed by atoms with Gasteiger partial charge in [-0.15, -0.1) is 0 Å². The summed E-state index contributed by atoms with van der Waals surface area (Å²) in [5.74, 6) is -2.09. The molecule has 108 valence electrons. The zero-order valence-electron chi connectivity index (χ0n) is 11.7. The lowest BCUT2D eigenvalue weighted by atomic mass is 9.82. The van der Waals surface area contributed by atoms with Gasteiger partial charge in [-0.25, -0.2) is 8.78 Å². The van der Waals surface area contributed by atoms with Crippen LogP contribution in [0.2, 0.25) is 0 Å². The van der Waals surface area contributed by atoms with Crippen LogP contribution in [0.4, 0.5) is 8.78 Å². The summed E-state index contributed by atoms with van der Waals surface area (Å²) in [5, 5.41) is 3.46. The molecule has 0 heterocycles. The molecular weight excluding hydrogens is 236 g/mol. The van der Waals surface area contributed by atoms with Gasteiger partial charge in [0.15, 0.2) is 0 Å². The number of ether oxygens (including phenoxy) is 1. The molecule has 18 heavy (non-hydrogen) atoms. The lowest BCUT2D eigenvalue weighted by Crippen LogP contribution is -2.43. The zero-order valence-corrected chi connectivity index (χ0v) is 11.7. The van der Waals surface area contributed by atoms with Crippen molar-refractivity contribution < 1.29 is 13.5 Å². The van der Waals surface area contributed by atoms with E-state index < -0.39 is 5.92 Å². The van der Waals surface area contributed by atoms with E-state index in [2.05, 4.69) is 19.2 Å². The van der Waals surface area contributed by atoms with E-state index in [1.165, 1.54) is 0 Å². The molecule has 1 atom stereocenters. The minimum absolute atomic E-state index is 0.0374. The number of alkyl halides is 2. The van der Waals surface area contributed by atoms with E-state index in [-0.39, 0.29) is 18.9 Å². The van der Waals surface area contributed by atoms with Crippen molar-refractivity contribution in [3.8, 4) is 0 Å². The van der Waals surface area contributed by atoms with Gasteiger partial charge < -0.3 is 10.1 Å². The summed E-state index contributed by atoms with van der Waals surface area (Å²) < 4.78 is 31.9. The third kappa shape index (κ3) is 5.61. The second-order valence-corrected chi connectivity index (χ2v) is 5.33. The Labute approximate surface area is 109 Å². The monoisotopic (exact) mass is 263 g/mol. The van der Waals surface area contributed by atoms with Crippen molar-refractivity contribution in [3.05, 3.63) is 0 Å². The first kappa shape index (κ1) is 15.8. The molecule has 1 fully saturated rings. The summed E-state index contributed by atoms with van der Waals surface area (Å²) in [6.07, 6.45) is 3.37. The van der Waals surface area contributed by atoms with E-state index in [4.69, 9.17) is 4.74 Å². The van der Waals surface area contributed by atoms with Gasteiger partial charge >= 0.3 is 0 Å². The highest BCUT2D eigenvalue weighted by Crippen LogP contribution is 2.37. The van der Waals surface area contributed by atoms with E-state index >= 15 is 0 Å². The Hall–Kier alpha value is -0.220. The van der Waals surface area contributed by atoms with Gasteiger partial charge in [0, 0.05) is 25.5 Å². The highest BCUT2D eigenvalue weighted by Gasteiger charge is 2.37. The Morgan fingerprint density at radius 1 is 1.22 bits per heavy atom. The second-order valence-electron chi connectivity index (χ2n) is 5.33. The van der Waals surface area contributed by atoms with E-state index in [9.17, 15) is 8.78 Å². The molecule has 0 amide bonds. The van der Waals surface area contributed by atoms with Gasteiger partial charge in [0.2, 0.25) is 5.92 Å². The van der Waals surface area contributed by atoms with Crippen LogP contribution in [0.5, 0.6) is 0 Å². The first-order chi connectivity index (χ1) is 8.59. The van der Waals surface area contributed by atoms with Crippen LogP contribution in [-0.2, 0) is 4.74 Å². The van der Waals surface area contributed by atoms with Gasteiger partial charge in [0.05, 0.1) is 6.61 Å². The highest BCUT2D eigenvalue weighted by molar-refractivity contribution is 4.84. The molecule has 2 nitrogen and oxygen atoms in total. The lowest BCUT2D eigenvalue weighted by Gasteiger charge is -2.34. The molecular formula is C14H27F2NO. The number of rotatable bonds is 8. The van der Waals surface area contributed by atoms with E-state index in [1.807, 2.05) is 0 Å². The second kappa shape index (κ2) is 8.05. The van der Waals surface area contributed by atoms with Gasteiger partial charge in [-0.2, -0.15) is 0 Å². The maximum Gasteiger partial charge on any atom is 0.248 e. The fourth-order valence-corrected chi connectivity index (χ4v) is 2.51. The summed E-state index contributed by atoms with van der Waals surface area (Å²) in [5.41, 5.74) is 0. The van der Waals surface area contributed by atoms with Crippen LogP contribution < -0.4 is 5.32 Å². The lowest BCUT2D eigenvalue weighted by molar-refractivity contribution is -0.0535. The predicted octanol–water partition coefficient (Wildman–Crippen LogP) is 3.61. The van der Waals surface area contributed by atoms with Gasteiger partial charge in [-0.05, 0) is 38.1 Å². The minimum Gasteiger partial charge on any atom is -0.380 e. The van der Waals surface area contributed by atoms with Crippen LogP contribution in [0, 0.1) is 5.92 Å². The standard InChI is InChI=1S/C14H27F2NO/c1-3-9-17-13(11-18-10-4-2)12-5-7-14(15,16)8-6-12/h12-13,17H,3-11H2,1-2H3. The molecule has 0 aliphatic heterocycles. The molecule has 1 aliphatic carbocycles. The molecule has 1 rings (SSSR count). The van der Waals surface area contributed by atoms with Crippen molar-refractivity contribution in [1.82, 2.24) is 5.32 Å². The molecule has 0 bridgehead atoms. The zero-order chi connectivity index (χ0) is 13.4. The Kier molecular flexibility index (Phi) is 7.08. The van der Waals surface area contributed by atoms with Crippen LogP contribution in [0.1, 0.15) is 52.4 Å². The largest absolute Gasteiger partial charge is 0.380 e. The molecule has 0 radical (unpaired) electrons. The first-order valence-corrected chi connectivity index (χ1v) is 7.28. The SMILES string of the molecule is CCCNC(COCCC)C1CCC(F)(F)CC1. The molecule has 1 aliphatic rings. The predicted molar refractivity (Wildman–Crippen MR) is 70.1 cm³/mol. The number of halogens is 2. The maximum atomic E-state index is 13.1. The van der Waals surface area contributed by atoms with E-state index in [0.717, 1.165) is 26.0 Å². The summed E-state index contributed by atoms with van der Waals surface area (Å²) in [7, 11) is 0. The maximum absolute atomic E-state index is 13.1. The topological polar surface area (TPSA) is 21.3 Å². The number of hydrogen-bond donors (Lipinski definition) is 1. The number of nitrogens with one attached hydrogen (secondary N) is 1. The Bertz CT molecular complexity index is 214. The van der Waals surface area contributed by atoms with E-state index in [1.54, 1.807) is 0 Å². The molecule has 0 saturated heterocycles. The fraction of sp³-hybridized carbons (Fsp3) is 1.00. The van der Waals surface area contributed by atoms with Gasteiger partial charge in [0.1, 0.15) is 0 Å². The van der Waals surface area contributed by atoms with Crippen LogP contribution >= 0.6 is 0 Å². The van der Waals surface area contributed by atoms with Gasteiger partial charge in [-0.3, -0.25) is 0 Å². The van der Waals surface area contributed by atoms with Gasteiger partial charge in [-0.1, -0.05) is 13.8 Å². The number of hydrogen-bond acceptors (Lipinski definition) is 2. The van der Waals surface area contributed by atoms with E-state index in [0.29, 0.717) is 25.4 Å². The smallest absolute Gasteiger partial charge is 0.248 e. The van der Waals surface area contributed by atoms with Crippen LogP contribution in [0.15, 0.2) is 0 Å². The minimum atomic E-state index is -2.43. The summed E-state index contributed by atoms with van der Waals surface area (Å²) >= 11 is 0. The van der Waals surface area contributed by atoms with Crippen LogP contribution in [0.3, 0.4) is 0 Å². The molecule has 0 spiro atoms. The third-order valence-electron chi connectivity index (χ3n) is 3.63. The van der Waals surface area contributed by atoms with Crippen molar-refractivity contribution in [2.24, 2.45) is 5.92 Å². The quantitative estimate of drug-likeness (QED) is 0.675. The Balaban J connectivity index is 2.38. The average molecular weight is 263 g/mol. The van der Waals surface area contributed by atoms with Crippen molar-refractivity contribution in [2.45, 2.75) is 64.3 Å². The highest BCUT2D eigenvalue weighted by atomic mass is 19.3. The molecule has 0 aromatic carbocycles. The molecule has 0 aromatic heterocycles. The Morgan fingerprint density at radius 3 is 2.44 bits per heavy atom. The molecule has 4 heteroatoms. The Morgan fingerprint density at radius 2 is 1.89 bits per heavy atom. The molecule has 1 saturated carbocycles. The van der Waals surface area contributed by atoms with Crippen molar-refractivity contribution in [2.75, 3.05) is 19.8 Å². The normalized spacial score (nSPS) is 22.0. The van der Waals surface area contributed by atoms with Crippen LogP contribution in [-0.4, -0.2) is 31.7 Å². The van der Waals surface area contributed by atoms with Crippen molar-refractivity contribution in [1.29, 1.82) is 0 Å². The van der Waals surface area contributed by atoms with Crippen LogP contribution in [0.25, 0.3) is 0 Å². The van der Waals surface area contributed by atoms with Crippen molar-refractivity contribution in [3.63, 3.8) is 0 Å². The summed E-state index contributed by atoms with van der Waals surface area (Å²) in [6.45, 7) is 6.55. The third-order valence-corrected chi connectivity index (χ3v) is 3.63. The molecule has 0 aromatic rings.